The van der Waals surface area contributed by atoms with Gasteiger partial charge in [0.15, 0.2) is 0 Å². The van der Waals surface area contributed by atoms with E-state index in [0.29, 0.717) is 30.9 Å². The summed E-state index contributed by atoms with van der Waals surface area (Å²) in [7, 11) is 1.79. The number of carbonyl (C=O) groups excluding carboxylic acids is 1. The van der Waals surface area contributed by atoms with Crippen molar-refractivity contribution in [1.29, 1.82) is 5.26 Å². The van der Waals surface area contributed by atoms with E-state index in [2.05, 4.69) is 16.1 Å². The van der Waals surface area contributed by atoms with Gasteiger partial charge in [0.05, 0.1) is 5.56 Å². The molecule has 1 amide bonds. The quantitative estimate of drug-likeness (QED) is 0.813. The summed E-state index contributed by atoms with van der Waals surface area (Å²) in [5.74, 6) is 0.795. The molecule has 0 spiro atoms. The minimum absolute atomic E-state index is 0.00996. The summed E-state index contributed by atoms with van der Waals surface area (Å²) in [6.45, 7) is 2.81. The van der Waals surface area contributed by atoms with Crippen molar-refractivity contribution in [3.05, 3.63) is 40.8 Å². The summed E-state index contributed by atoms with van der Waals surface area (Å²) in [6.07, 6.45) is 6.85. The fraction of sp³-hybridized carbons (Fsp3) is 0.500. The van der Waals surface area contributed by atoms with Crippen molar-refractivity contribution >= 4 is 11.7 Å². The van der Waals surface area contributed by atoms with Gasteiger partial charge >= 0.3 is 0 Å². The van der Waals surface area contributed by atoms with E-state index >= 15 is 0 Å². The lowest BCUT2D eigenvalue weighted by Crippen LogP contribution is -2.36. The monoisotopic (exact) mass is 364 g/mol. The smallest absolute Gasteiger partial charge is 0.272 e. The average molecular weight is 364 g/mol. The number of nitrogens with zero attached hydrogens (tertiary/aromatic N) is 6. The number of aryl methyl sites for hydroxylation is 3. The molecular weight excluding hydrogens is 340 g/mol. The summed E-state index contributed by atoms with van der Waals surface area (Å²) >= 11 is 0. The zero-order chi connectivity index (χ0) is 18.8. The molecule has 1 aliphatic heterocycles. The molecule has 2 aliphatic rings. The van der Waals surface area contributed by atoms with Crippen molar-refractivity contribution in [2.24, 2.45) is 7.05 Å². The number of nitriles is 1. The van der Waals surface area contributed by atoms with Crippen molar-refractivity contribution < 1.29 is 4.79 Å². The van der Waals surface area contributed by atoms with Gasteiger partial charge in [0.25, 0.3) is 5.91 Å². The van der Waals surface area contributed by atoms with Crippen LogP contribution in [0.4, 0.5) is 5.82 Å². The van der Waals surface area contributed by atoms with E-state index in [-0.39, 0.29) is 5.91 Å². The fourth-order valence-corrected chi connectivity index (χ4v) is 4.02. The lowest BCUT2D eigenvalue weighted by atomic mass is 9.95. The zero-order valence-corrected chi connectivity index (χ0v) is 15.7. The van der Waals surface area contributed by atoms with Crippen molar-refractivity contribution in [2.45, 2.75) is 32.1 Å². The maximum atomic E-state index is 12.8. The minimum atomic E-state index is 0.00996. The van der Waals surface area contributed by atoms with Gasteiger partial charge in [-0.05, 0) is 49.8 Å². The van der Waals surface area contributed by atoms with Crippen LogP contribution in [0.1, 0.15) is 46.6 Å². The van der Waals surface area contributed by atoms with Crippen molar-refractivity contribution in [2.75, 3.05) is 31.1 Å². The maximum Gasteiger partial charge on any atom is 0.272 e. The van der Waals surface area contributed by atoms with Crippen LogP contribution in [0.3, 0.4) is 0 Å². The Bertz CT molecular complexity index is 896. The van der Waals surface area contributed by atoms with Crippen LogP contribution >= 0.6 is 0 Å². The standard InChI is InChI=1S/C20H24N6O/c1-24-18(7-8-22-24)20(27)26-10-4-9-25(11-12-26)19-16(14-21)13-15-5-2-3-6-17(15)23-19/h7-8,13H,2-6,9-12H2,1H3. The number of amides is 1. The third-order valence-electron chi connectivity index (χ3n) is 5.52. The van der Waals surface area contributed by atoms with Gasteiger partial charge in [-0.2, -0.15) is 10.4 Å². The molecule has 0 saturated carbocycles. The zero-order valence-electron chi connectivity index (χ0n) is 15.7. The second-order valence-corrected chi connectivity index (χ2v) is 7.26. The topological polar surface area (TPSA) is 78.1 Å². The van der Waals surface area contributed by atoms with E-state index in [4.69, 9.17) is 4.98 Å². The number of fused-ring (bicyclic) bond motifs is 1. The molecule has 0 unspecified atom stereocenters. The number of hydrogen-bond acceptors (Lipinski definition) is 5. The molecule has 1 saturated heterocycles. The first kappa shape index (κ1) is 17.5. The second kappa shape index (κ2) is 7.39. The molecule has 2 aromatic heterocycles. The SMILES string of the molecule is Cn1nccc1C(=O)N1CCCN(c2nc3c(cc2C#N)CCCC3)CC1. The molecule has 7 heteroatoms. The summed E-state index contributed by atoms with van der Waals surface area (Å²) in [5, 5.41) is 13.7. The van der Waals surface area contributed by atoms with Gasteiger partial charge in [-0.3, -0.25) is 9.48 Å². The van der Waals surface area contributed by atoms with Crippen molar-refractivity contribution in [3.63, 3.8) is 0 Å². The summed E-state index contributed by atoms with van der Waals surface area (Å²) in [4.78, 5) is 21.7. The molecule has 27 heavy (non-hydrogen) atoms. The highest BCUT2D eigenvalue weighted by Crippen LogP contribution is 2.27. The third-order valence-corrected chi connectivity index (χ3v) is 5.52. The first-order valence-corrected chi connectivity index (χ1v) is 9.62. The van der Waals surface area contributed by atoms with Crippen LogP contribution in [0.5, 0.6) is 0 Å². The lowest BCUT2D eigenvalue weighted by Gasteiger charge is -2.25. The first-order valence-electron chi connectivity index (χ1n) is 9.62. The molecule has 2 aromatic rings. The number of pyridine rings is 1. The van der Waals surface area contributed by atoms with E-state index in [1.807, 2.05) is 11.0 Å². The molecule has 7 nitrogen and oxygen atoms in total. The summed E-state index contributed by atoms with van der Waals surface area (Å²) in [5.41, 5.74) is 3.63. The van der Waals surface area contributed by atoms with Gasteiger partial charge in [0.2, 0.25) is 0 Å². The number of hydrogen-bond donors (Lipinski definition) is 0. The van der Waals surface area contributed by atoms with Crippen molar-refractivity contribution in [3.8, 4) is 6.07 Å². The van der Waals surface area contributed by atoms with Gasteiger partial charge in [0.1, 0.15) is 17.6 Å². The van der Waals surface area contributed by atoms with Gasteiger partial charge in [-0.1, -0.05) is 0 Å². The Kier molecular flexibility index (Phi) is 4.80. The number of anilines is 1. The van der Waals surface area contributed by atoms with Gasteiger partial charge in [0, 0.05) is 45.1 Å². The summed E-state index contributed by atoms with van der Waals surface area (Å²) < 4.78 is 1.61. The highest BCUT2D eigenvalue weighted by atomic mass is 16.2. The van der Waals surface area contributed by atoms with Gasteiger partial charge < -0.3 is 9.80 Å². The normalized spacial score (nSPS) is 17.2. The van der Waals surface area contributed by atoms with E-state index in [0.717, 1.165) is 37.3 Å². The molecule has 3 heterocycles. The van der Waals surface area contributed by atoms with Crippen molar-refractivity contribution in [1.82, 2.24) is 19.7 Å². The molecule has 1 fully saturated rings. The number of aromatic nitrogens is 3. The Morgan fingerprint density at radius 2 is 2.00 bits per heavy atom. The Balaban J connectivity index is 1.54. The largest absolute Gasteiger partial charge is 0.354 e. The lowest BCUT2D eigenvalue weighted by molar-refractivity contribution is 0.0756. The number of carbonyl (C=O) groups is 1. The highest BCUT2D eigenvalue weighted by Gasteiger charge is 2.25. The molecule has 140 valence electrons. The second-order valence-electron chi connectivity index (χ2n) is 7.26. The van der Waals surface area contributed by atoms with E-state index in [1.165, 1.54) is 18.4 Å². The third kappa shape index (κ3) is 3.39. The molecular formula is C20H24N6O. The van der Waals surface area contributed by atoms with Crippen LogP contribution in [0.2, 0.25) is 0 Å². The predicted molar refractivity (Wildman–Crippen MR) is 102 cm³/mol. The van der Waals surface area contributed by atoms with Crippen LogP contribution in [0, 0.1) is 11.3 Å². The molecule has 4 rings (SSSR count). The molecule has 0 aromatic carbocycles. The molecule has 0 radical (unpaired) electrons. The molecule has 0 bridgehead atoms. The fourth-order valence-electron chi connectivity index (χ4n) is 4.02. The van der Waals surface area contributed by atoms with Crippen LogP contribution in [-0.4, -0.2) is 51.8 Å². The Morgan fingerprint density at radius 1 is 1.15 bits per heavy atom. The van der Waals surface area contributed by atoms with Crippen LogP contribution in [0.15, 0.2) is 18.3 Å². The molecule has 0 atom stereocenters. The average Bonchev–Trinajstić information content (AvgIpc) is 2.98. The Labute approximate surface area is 159 Å². The molecule has 0 N–H and O–H groups in total. The molecule has 1 aliphatic carbocycles. The van der Waals surface area contributed by atoms with E-state index < -0.39 is 0 Å². The maximum absolute atomic E-state index is 12.8. The predicted octanol–water partition coefficient (Wildman–Crippen LogP) is 1.92. The minimum Gasteiger partial charge on any atom is -0.354 e. The van der Waals surface area contributed by atoms with Gasteiger partial charge in [-0.15, -0.1) is 0 Å². The highest BCUT2D eigenvalue weighted by molar-refractivity contribution is 5.92. The Morgan fingerprint density at radius 3 is 2.78 bits per heavy atom. The number of rotatable bonds is 2. The van der Waals surface area contributed by atoms with Crippen LogP contribution < -0.4 is 4.90 Å². The summed E-state index contributed by atoms with van der Waals surface area (Å²) in [6, 6.07) is 6.11. The first-order chi connectivity index (χ1) is 13.2. The van der Waals surface area contributed by atoms with E-state index in [9.17, 15) is 10.1 Å². The van der Waals surface area contributed by atoms with E-state index in [1.54, 1.807) is 24.0 Å². The van der Waals surface area contributed by atoms with Crippen LogP contribution in [-0.2, 0) is 19.9 Å². The van der Waals surface area contributed by atoms with Crippen LogP contribution in [0.25, 0.3) is 0 Å². The Hall–Kier alpha value is -2.88. The van der Waals surface area contributed by atoms with Gasteiger partial charge in [-0.25, -0.2) is 4.98 Å².